The Balaban J connectivity index is 3.88. The van der Waals surface area contributed by atoms with Gasteiger partial charge >= 0.3 is 11.9 Å². The quantitative estimate of drug-likeness (QED) is 0.0298. The first-order chi connectivity index (χ1) is 23.3. The maximum absolute atomic E-state index is 12.5. The molecule has 48 heavy (non-hydrogen) atoms. The predicted molar refractivity (Wildman–Crippen MR) is 195 cm³/mol. The maximum atomic E-state index is 12.5. The van der Waals surface area contributed by atoms with Crippen molar-refractivity contribution in [3.8, 4) is 0 Å². The fraction of sp³-hybridized carbons (Fsp3) is 0.846. The monoisotopic (exact) mass is 681 g/mol. The summed E-state index contributed by atoms with van der Waals surface area (Å²) in [4.78, 5) is 47.1. The number of esters is 1. The first-order valence-corrected chi connectivity index (χ1v) is 19.6. The summed E-state index contributed by atoms with van der Waals surface area (Å²) in [6.07, 6.45) is 34.5. The third kappa shape index (κ3) is 30.9. The Hall–Kier alpha value is -2.42. The number of allylic oxidation sites excluding steroid dienone is 1. The molecule has 0 heterocycles. The number of hydrogen-bond donors (Lipinski definition) is 4. The Morgan fingerprint density at radius 2 is 1.10 bits per heavy atom. The smallest absolute Gasteiger partial charge is 0.328 e. The molecule has 0 aliphatic heterocycles. The molecule has 9 nitrogen and oxygen atoms in total. The molecule has 0 saturated heterocycles. The Morgan fingerprint density at radius 3 is 1.58 bits per heavy atom. The molecular weight excluding hydrogens is 608 g/mol. The molecule has 2 atom stereocenters. The summed E-state index contributed by atoms with van der Waals surface area (Å²) in [6, 6.07) is -1.39. The van der Waals surface area contributed by atoms with Gasteiger partial charge in [-0.2, -0.15) is 0 Å². The summed E-state index contributed by atoms with van der Waals surface area (Å²) in [6.45, 7) is 3.34. The number of nitrogens with one attached hydrogen (secondary N) is 2. The van der Waals surface area contributed by atoms with Gasteiger partial charge in [-0.1, -0.05) is 148 Å². The van der Waals surface area contributed by atoms with Crippen LogP contribution in [0.25, 0.3) is 0 Å². The number of carboxylic acid groups (broad SMARTS) is 1. The Bertz CT molecular complexity index is 833. The van der Waals surface area contributed by atoms with Gasteiger partial charge in [0.25, 0.3) is 0 Å². The summed E-state index contributed by atoms with van der Waals surface area (Å²) in [7, 11) is 0. The zero-order chi connectivity index (χ0) is 35.5. The molecule has 2 unspecified atom stereocenters. The molecule has 0 aliphatic rings. The van der Waals surface area contributed by atoms with E-state index in [1.807, 2.05) is 6.08 Å². The fourth-order valence-electron chi connectivity index (χ4n) is 5.69. The molecule has 0 spiro atoms. The van der Waals surface area contributed by atoms with Gasteiger partial charge in [-0.3, -0.25) is 14.4 Å². The van der Waals surface area contributed by atoms with E-state index in [0.717, 1.165) is 51.4 Å². The molecular formula is C39H72N2O7. The van der Waals surface area contributed by atoms with Gasteiger partial charge in [0.1, 0.15) is 12.1 Å². The molecule has 0 bridgehead atoms. The molecule has 0 aliphatic carbocycles. The Kier molecular flexibility index (Phi) is 32.7. The van der Waals surface area contributed by atoms with Crippen molar-refractivity contribution in [3.63, 3.8) is 0 Å². The SMILES string of the molecule is CCC/C=C\C(CCCCCCC(=O)NCC(=O)NC(CO)C(=O)O)OC(=O)CCCCCCCCCCCCCCCCCCCC. The van der Waals surface area contributed by atoms with Crippen molar-refractivity contribution in [2.45, 2.75) is 199 Å². The molecule has 280 valence electrons. The number of rotatable bonds is 35. The van der Waals surface area contributed by atoms with Crippen molar-refractivity contribution in [2.75, 3.05) is 13.2 Å². The number of hydrogen-bond acceptors (Lipinski definition) is 6. The van der Waals surface area contributed by atoms with E-state index in [1.165, 1.54) is 103 Å². The zero-order valence-corrected chi connectivity index (χ0v) is 30.8. The highest BCUT2D eigenvalue weighted by atomic mass is 16.5. The minimum absolute atomic E-state index is 0.119. The van der Waals surface area contributed by atoms with Gasteiger partial charge in [-0.05, 0) is 38.2 Å². The predicted octanol–water partition coefficient (Wildman–Crippen LogP) is 8.70. The van der Waals surface area contributed by atoms with Crippen LogP contribution < -0.4 is 10.6 Å². The second-order valence-electron chi connectivity index (χ2n) is 13.4. The van der Waals surface area contributed by atoms with Crippen LogP contribution in [0.15, 0.2) is 12.2 Å². The van der Waals surface area contributed by atoms with Crippen molar-refractivity contribution in [1.29, 1.82) is 0 Å². The molecule has 0 saturated carbocycles. The molecule has 0 aromatic carbocycles. The summed E-state index contributed by atoms with van der Waals surface area (Å²) in [5.74, 6) is -2.40. The van der Waals surface area contributed by atoms with E-state index >= 15 is 0 Å². The van der Waals surface area contributed by atoms with Crippen LogP contribution in [0.5, 0.6) is 0 Å². The van der Waals surface area contributed by atoms with Gasteiger partial charge in [0.05, 0.1) is 13.2 Å². The molecule has 2 amide bonds. The van der Waals surface area contributed by atoms with Gasteiger partial charge in [0.2, 0.25) is 11.8 Å². The minimum Gasteiger partial charge on any atom is -0.480 e. The van der Waals surface area contributed by atoms with Crippen LogP contribution in [-0.4, -0.2) is 59.3 Å². The van der Waals surface area contributed by atoms with E-state index in [0.29, 0.717) is 12.8 Å². The van der Waals surface area contributed by atoms with E-state index in [9.17, 15) is 19.2 Å². The largest absolute Gasteiger partial charge is 0.480 e. The topological polar surface area (TPSA) is 142 Å². The number of aliphatic hydroxyl groups excluding tert-OH is 1. The van der Waals surface area contributed by atoms with Crippen LogP contribution in [0.2, 0.25) is 0 Å². The third-order valence-electron chi connectivity index (χ3n) is 8.73. The van der Waals surface area contributed by atoms with E-state index in [1.54, 1.807) is 0 Å². The highest BCUT2D eigenvalue weighted by molar-refractivity contribution is 5.87. The standard InChI is InChI=1S/C39H72N2O7/c1-3-5-7-8-9-10-11-12-13-14-15-16-17-18-19-20-21-27-31-38(45)48-34(28-24-6-4-2)29-25-22-23-26-30-36(43)40-32-37(44)41-35(33-42)39(46)47/h24,28,34-35,42H,3-23,25-27,29-33H2,1-2H3,(H,40,43)(H,41,44)(H,46,47)/b28-24-. The van der Waals surface area contributed by atoms with Gasteiger partial charge in [0, 0.05) is 12.8 Å². The lowest BCUT2D eigenvalue weighted by Gasteiger charge is -2.15. The number of aliphatic hydroxyl groups is 1. The van der Waals surface area contributed by atoms with Crippen molar-refractivity contribution in [1.82, 2.24) is 10.6 Å². The zero-order valence-electron chi connectivity index (χ0n) is 30.8. The molecule has 4 N–H and O–H groups in total. The van der Waals surface area contributed by atoms with Crippen molar-refractivity contribution >= 4 is 23.8 Å². The van der Waals surface area contributed by atoms with Gasteiger partial charge in [-0.25, -0.2) is 4.79 Å². The molecule has 0 aromatic heterocycles. The molecule has 0 rings (SSSR count). The molecule has 0 aromatic rings. The maximum Gasteiger partial charge on any atom is 0.328 e. The Morgan fingerprint density at radius 1 is 0.625 bits per heavy atom. The van der Waals surface area contributed by atoms with Crippen molar-refractivity contribution < 1.29 is 34.1 Å². The molecule has 0 radical (unpaired) electrons. The third-order valence-corrected chi connectivity index (χ3v) is 8.73. The average molecular weight is 681 g/mol. The summed E-state index contributed by atoms with van der Waals surface area (Å²) in [5.41, 5.74) is 0. The highest BCUT2D eigenvalue weighted by Crippen LogP contribution is 2.16. The van der Waals surface area contributed by atoms with E-state index in [4.69, 9.17) is 14.9 Å². The number of aliphatic carboxylic acids is 1. The minimum atomic E-state index is -1.39. The lowest BCUT2D eigenvalue weighted by Crippen LogP contribution is -2.47. The summed E-state index contributed by atoms with van der Waals surface area (Å²) >= 11 is 0. The fourth-order valence-corrected chi connectivity index (χ4v) is 5.69. The second-order valence-corrected chi connectivity index (χ2v) is 13.4. The van der Waals surface area contributed by atoms with Gasteiger partial charge in [0.15, 0.2) is 0 Å². The van der Waals surface area contributed by atoms with Crippen LogP contribution in [0.1, 0.15) is 187 Å². The number of ether oxygens (including phenoxy) is 1. The van der Waals surface area contributed by atoms with Crippen LogP contribution in [0, 0.1) is 0 Å². The van der Waals surface area contributed by atoms with Crippen LogP contribution >= 0.6 is 0 Å². The van der Waals surface area contributed by atoms with Gasteiger partial charge in [-0.15, -0.1) is 0 Å². The number of carboxylic acids is 1. The summed E-state index contributed by atoms with van der Waals surface area (Å²) in [5, 5.41) is 22.4. The molecule has 9 heteroatoms. The lowest BCUT2D eigenvalue weighted by molar-refractivity contribution is -0.147. The van der Waals surface area contributed by atoms with Gasteiger partial charge < -0.3 is 25.6 Å². The average Bonchev–Trinajstić information content (AvgIpc) is 3.07. The number of amides is 2. The first kappa shape index (κ1) is 45.6. The second kappa shape index (κ2) is 34.4. The molecule has 0 fully saturated rings. The van der Waals surface area contributed by atoms with E-state index in [-0.39, 0.29) is 30.9 Å². The number of carbonyl (C=O) groups is 4. The van der Waals surface area contributed by atoms with Crippen LogP contribution in [-0.2, 0) is 23.9 Å². The summed E-state index contributed by atoms with van der Waals surface area (Å²) < 4.78 is 5.80. The number of carbonyl (C=O) groups excluding carboxylic acids is 3. The van der Waals surface area contributed by atoms with Crippen LogP contribution in [0.3, 0.4) is 0 Å². The first-order valence-electron chi connectivity index (χ1n) is 19.6. The highest BCUT2D eigenvalue weighted by Gasteiger charge is 2.18. The normalized spacial score (nSPS) is 12.6. The van der Waals surface area contributed by atoms with E-state index in [2.05, 4.69) is 30.6 Å². The Labute approximate surface area is 292 Å². The number of unbranched alkanes of at least 4 members (excludes halogenated alkanes) is 21. The van der Waals surface area contributed by atoms with Crippen LogP contribution in [0.4, 0.5) is 0 Å². The van der Waals surface area contributed by atoms with Crippen molar-refractivity contribution in [3.05, 3.63) is 12.2 Å². The lowest BCUT2D eigenvalue weighted by atomic mass is 10.0. The van der Waals surface area contributed by atoms with Crippen molar-refractivity contribution in [2.24, 2.45) is 0 Å². The van der Waals surface area contributed by atoms with E-state index < -0.39 is 24.5 Å².